The van der Waals surface area contributed by atoms with Crippen LogP contribution in [0.3, 0.4) is 0 Å². The summed E-state index contributed by atoms with van der Waals surface area (Å²) >= 11 is 0. The highest BCUT2D eigenvalue weighted by molar-refractivity contribution is 5.36. The predicted molar refractivity (Wildman–Crippen MR) is 123 cm³/mol. The Labute approximate surface area is 179 Å². The van der Waals surface area contributed by atoms with Crippen LogP contribution in [0.25, 0.3) is 0 Å². The van der Waals surface area contributed by atoms with Gasteiger partial charge in [-0.25, -0.2) is 0 Å². The predicted octanol–water partition coefficient (Wildman–Crippen LogP) is 6.73. The van der Waals surface area contributed by atoms with Crippen LogP contribution in [0, 0.1) is 23.2 Å². The number of aliphatic hydroxyl groups excluding tert-OH is 1. The molecule has 3 rings (SSSR count). The van der Waals surface area contributed by atoms with E-state index in [9.17, 15) is 10.2 Å². The summed E-state index contributed by atoms with van der Waals surface area (Å²) < 4.78 is 0. The molecule has 164 valence electrons. The van der Waals surface area contributed by atoms with Gasteiger partial charge in [-0.1, -0.05) is 57.4 Å². The maximum Gasteiger partial charge on any atom is 0.0653 e. The van der Waals surface area contributed by atoms with E-state index in [4.69, 9.17) is 0 Å². The molecule has 2 heteroatoms. The molecule has 3 aliphatic carbocycles. The summed E-state index contributed by atoms with van der Waals surface area (Å²) in [6.45, 7) is 11.3. The van der Waals surface area contributed by atoms with Crippen LogP contribution < -0.4 is 0 Å². The van der Waals surface area contributed by atoms with Gasteiger partial charge in [-0.3, -0.25) is 0 Å². The van der Waals surface area contributed by atoms with E-state index in [0.717, 1.165) is 44.9 Å². The Hall–Kier alpha value is -0.860. The molecule has 0 aromatic carbocycles. The second kappa shape index (κ2) is 9.10. The Balaban J connectivity index is 1.72. The fraction of sp³-hybridized carbons (Fsp3) is 0.778. The van der Waals surface area contributed by atoms with Gasteiger partial charge in [0.05, 0.1) is 11.7 Å². The normalized spacial score (nSPS) is 35.2. The molecule has 1 saturated carbocycles. The monoisotopic (exact) mass is 400 g/mol. The van der Waals surface area contributed by atoms with E-state index in [1.807, 2.05) is 0 Å². The van der Waals surface area contributed by atoms with Gasteiger partial charge in [0.1, 0.15) is 0 Å². The fourth-order valence-electron chi connectivity index (χ4n) is 6.55. The second-order valence-corrected chi connectivity index (χ2v) is 11.1. The summed E-state index contributed by atoms with van der Waals surface area (Å²) in [7, 11) is 0. The van der Waals surface area contributed by atoms with E-state index in [-0.39, 0.29) is 11.5 Å². The van der Waals surface area contributed by atoms with Gasteiger partial charge in [-0.2, -0.15) is 0 Å². The summed E-state index contributed by atoms with van der Waals surface area (Å²) in [5.41, 5.74) is 3.87. The van der Waals surface area contributed by atoms with Crippen molar-refractivity contribution in [3.63, 3.8) is 0 Å². The maximum atomic E-state index is 11.4. The average Bonchev–Trinajstić information content (AvgIpc) is 3.00. The first-order chi connectivity index (χ1) is 13.6. The van der Waals surface area contributed by atoms with Gasteiger partial charge < -0.3 is 10.2 Å². The lowest BCUT2D eigenvalue weighted by molar-refractivity contribution is -0.0627. The van der Waals surface area contributed by atoms with Gasteiger partial charge in [-0.15, -0.1) is 0 Å². The van der Waals surface area contributed by atoms with Crippen molar-refractivity contribution >= 4 is 0 Å². The number of hydrogen-bond donors (Lipinski definition) is 2. The van der Waals surface area contributed by atoms with E-state index in [2.05, 4.69) is 52.8 Å². The Kier molecular flexibility index (Phi) is 7.16. The molecule has 0 aromatic heterocycles. The first-order valence-electron chi connectivity index (χ1n) is 12.1. The molecule has 2 nitrogen and oxygen atoms in total. The number of allylic oxidation sites excluding steroid dienone is 5. The van der Waals surface area contributed by atoms with Gasteiger partial charge in [0.25, 0.3) is 0 Å². The summed E-state index contributed by atoms with van der Waals surface area (Å²) in [4.78, 5) is 0. The molecule has 0 saturated heterocycles. The minimum absolute atomic E-state index is 0.180. The lowest BCUT2D eigenvalue weighted by atomic mass is 9.60. The van der Waals surface area contributed by atoms with Crippen molar-refractivity contribution in [1.82, 2.24) is 0 Å². The van der Waals surface area contributed by atoms with E-state index < -0.39 is 5.60 Å². The van der Waals surface area contributed by atoms with Gasteiger partial charge in [0, 0.05) is 0 Å². The van der Waals surface area contributed by atoms with Crippen LogP contribution in [0.5, 0.6) is 0 Å². The van der Waals surface area contributed by atoms with E-state index in [1.165, 1.54) is 36.0 Å². The molecule has 0 aromatic rings. The van der Waals surface area contributed by atoms with Gasteiger partial charge >= 0.3 is 0 Å². The van der Waals surface area contributed by atoms with Crippen molar-refractivity contribution in [2.24, 2.45) is 23.2 Å². The van der Waals surface area contributed by atoms with Crippen LogP contribution in [0.15, 0.2) is 34.9 Å². The highest BCUT2D eigenvalue weighted by Crippen LogP contribution is 2.59. The zero-order valence-electron chi connectivity index (χ0n) is 19.5. The Morgan fingerprint density at radius 3 is 2.72 bits per heavy atom. The van der Waals surface area contributed by atoms with Crippen LogP contribution in [-0.4, -0.2) is 21.9 Å². The molecule has 2 N–H and O–H groups in total. The number of hydrogen-bond acceptors (Lipinski definition) is 2. The van der Waals surface area contributed by atoms with Gasteiger partial charge in [-0.05, 0) is 99.5 Å². The smallest absolute Gasteiger partial charge is 0.0653 e. The number of fused-ring (bicyclic) bond motifs is 1. The summed E-state index contributed by atoms with van der Waals surface area (Å²) in [6.07, 6.45) is 17.5. The van der Waals surface area contributed by atoms with Crippen molar-refractivity contribution in [2.75, 3.05) is 0 Å². The molecule has 0 aliphatic heterocycles. The number of rotatable bonds is 7. The van der Waals surface area contributed by atoms with Crippen LogP contribution in [-0.2, 0) is 0 Å². The Morgan fingerprint density at radius 1 is 1.24 bits per heavy atom. The lowest BCUT2D eigenvalue weighted by Crippen LogP contribution is -2.44. The first kappa shape index (κ1) is 22.8. The van der Waals surface area contributed by atoms with Crippen LogP contribution >= 0.6 is 0 Å². The van der Waals surface area contributed by atoms with E-state index >= 15 is 0 Å². The molecule has 1 fully saturated rings. The molecule has 5 atom stereocenters. The molecule has 0 heterocycles. The third kappa shape index (κ3) is 5.07. The van der Waals surface area contributed by atoms with Gasteiger partial charge in [0.2, 0.25) is 0 Å². The zero-order chi connectivity index (χ0) is 21.2. The van der Waals surface area contributed by atoms with Crippen molar-refractivity contribution in [1.29, 1.82) is 0 Å². The van der Waals surface area contributed by atoms with Crippen LogP contribution in [0.2, 0.25) is 0 Å². The Morgan fingerprint density at radius 2 is 2.00 bits per heavy atom. The maximum absolute atomic E-state index is 11.4. The molecule has 3 aliphatic rings. The third-order valence-electron chi connectivity index (χ3n) is 8.35. The highest BCUT2D eigenvalue weighted by atomic mass is 16.3. The topological polar surface area (TPSA) is 40.5 Å². The summed E-state index contributed by atoms with van der Waals surface area (Å²) in [5, 5.41) is 21.5. The first-order valence-corrected chi connectivity index (χ1v) is 12.1. The molecule has 0 amide bonds. The average molecular weight is 401 g/mol. The third-order valence-corrected chi connectivity index (χ3v) is 8.35. The zero-order valence-corrected chi connectivity index (χ0v) is 19.5. The minimum Gasteiger partial charge on any atom is -0.393 e. The molecule has 0 spiro atoms. The van der Waals surface area contributed by atoms with Crippen molar-refractivity contribution < 1.29 is 10.2 Å². The molecule has 0 radical (unpaired) electrons. The molecule has 0 unspecified atom stereocenters. The second-order valence-electron chi connectivity index (χ2n) is 11.1. The fourth-order valence-corrected chi connectivity index (χ4v) is 6.55. The van der Waals surface area contributed by atoms with E-state index in [0.29, 0.717) is 17.8 Å². The summed E-state index contributed by atoms with van der Waals surface area (Å²) in [5.74, 6) is 1.66. The molecule has 29 heavy (non-hydrogen) atoms. The highest BCUT2D eigenvalue weighted by Gasteiger charge is 2.54. The Bertz CT molecular complexity index is 666. The van der Waals surface area contributed by atoms with Crippen molar-refractivity contribution in [2.45, 2.75) is 111 Å². The largest absolute Gasteiger partial charge is 0.393 e. The number of aliphatic hydroxyl groups is 2. The van der Waals surface area contributed by atoms with Crippen molar-refractivity contribution in [3.05, 3.63) is 34.9 Å². The quantitative estimate of drug-likeness (QED) is 0.497. The van der Waals surface area contributed by atoms with Crippen LogP contribution in [0.1, 0.15) is 98.8 Å². The molecule has 0 bridgehead atoms. The van der Waals surface area contributed by atoms with E-state index in [1.54, 1.807) is 0 Å². The van der Waals surface area contributed by atoms with Crippen molar-refractivity contribution in [3.8, 4) is 0 Å². The molecular formula is C27H44O2. The standard InChI is InChI=1S/C27H44O2/c1-19(2)8-6-17-27(5,29)25-15-14-24-21(9-7-16-26(24,25)4)11-12-22-18-23(28)13-10-20(22)3/h9,11-12,19,23-25,28-29H,6-8,10,13-18H2,1-5H3/t23-,24-,25-,26-,27+/m0/s1. The summed E-state index contributed by atoms with van der Waals surface area (Å²) in [6, 6.07) is 0. The molecular weight excluding hydrogens is 356 g/mol. The van der Waals surface area contributed by atoms with Gasteiger partial charge in [0.15, 0.2) is 0 Å². The SMILES string of the molecule is CC1=C(C=CC2=CCC[C@@]3(C)[C@H]2CC[C@@H]3[C@](C)(O)CCCC(C)C)C[C@@H](O)CC1. The lowest BCUT2D eigenvalue weighted by Gasteiger charge is -2.46. The minimum atomic E-state index is -0.558. The van der Waals surface area contributed by atoms with Crippen LogP contribution in [0.4, 0.5) is 0 Å².